The Balaban J connectivity index is 1.35. The molecule has 0 radical (unpaired) electrons. The van der Waals surface area contributed by atoms with Crippen molar-refractivity contribution in [1.82, 2.24) is 14.5 Å². The zero-order chi connectivity index (χ0) is 22.5. The van der Waals surface area contributed by atoms with Crippen molar-refractivity contribution in [3.8, 4) is 0 Å². The maximum atomic E-state index is 13.5. The largest absolute Gasteiger partial charge is 0.409 e. The number of benzene rings is 1. The van der Waals surface area contributed by atoms with Gasteiger partial charge in [0.25, 0.3) is 5.56 Å². The molecule has 0 spiro atoms. The van der Waals surface area contributed by atoms with Crippen LogP contribution < -0.4 is 11.3 Å². The van der Waals surface area contributed by atoms with Crippen LogP contribution in [-0.2, 0) is 0 Å². The van der Waals surface area contributed by atoms with Gasteiger partial charge in [-0.1, -0.05) is 43.0 Å². The predicted octanol–water partition coefficient (Wildman–Crippen LogP) is 4.02. The highest BCUT2D eigenvalue weighted by atomic mass is 16.4. The number of fused-ring (bicyclic) bond motifs is 5. The van der Waals surface area contributed by atoms with E-state index in [1.807, 2.05) is 28.8 Å². The number of para-hydroxylation sites is 2. The van der Waals surface area contributed by atoms with E-state index >= 15 is 0 Å². The Morgan fingerprint density at radius 1 is 0.909 bits per heavy atom. The molecule has 2 saturated carbocycles. The number of nitrogens with two attached hydrogens (primary N) is 1. The van der Waals surface area contributed by atoms with E-state index in [4.69, 9.17) is 5.73 Å². The number of hydrogen-bond donors (Lipinski definition) is 2. The van der Waals surface area contributed by atoms with E-state index in [-0.39, 0.29) is 23.1 Å². The summed E-state index contributed by atoms with van der Waals surface area (Å²) in [5.41, 5.74) is 7.22. The molecule has 6 atom stereocenters. The molecule has 2 aliphatic carbocycles. The first-order chi connectivity index (χ1) is 16.1. The van der Waals surface area contributed by atoms with Crippen LogP contribution in [0.15, 0.2) is 34.2 Å². The summed E-state index contributed by atoms with van der Waals surface area (Å²) in [7, 11) is 0. The van der Waals surface area contributed by atoms with Gasteiger partial charge in [-0.05, 0) is 68.9 Å². The minimum atomic E-state index is -0.243. The summed E-state index contributed by atoms with van der Waals surface area (Å²) in [5, 5.41) is 12.3. The van der Waals surface area contributed by atoms with Gasteiger partial charge in [0.15, 0.2) is 11.5 Å². The second-order valence-electron chi connectivity index (χ2n) is 10.9. The van der Waals surface area contributed by atoms with Crippen LogP contribution in [-0.4, -0.2) is 43.6 Å². The summed E-state index contributed by atoms with van der Waals surface area (Å²) in [5.74, 6) is 1.64. The van der Waals surface area contributed by atoms with Crippen LogP contribution in [0.4, 0.5) is 0 Å². The average molecular weight is 450 g/mol. The third-order valence-electron chi connectivity index (χ3n) is 9.04. The molecular weight excluding hydrogens is 414 g/mol. The third kappa shape index (κ3) is 3.65. The molecule has 2 aliphatic heterocycles. The first kappa shape index (κ1) is 21.1. The number of amidine groups is 1. The first-order valence-corrected chi connectivity index (χ1v) is 12.9. The van der Waals surface area contributed by atoms with Gasteiger partial charge < -0.3 is 15.5 Å². The van der Waals surface area contributed by atoms with Gasteiger partial charge in [-0.15, -0.1) is 0 Å². The van der Waals surface area contributed by atoms with Crippen molar-refractivity contribution in [3.05, 3.63) is 40.3 Å². The highest BCUT2D eigenvalue weighted by Crippen LogP contribution is 2.47. The fourth-order valence-corrected chi connectivity index (χ4v) is 7.87. The summed E-state index contributed by atoms with van der Waals surface area (Å²) >= 11 is 0. The van der Waals surface area contributed by atoms with E-state index in [1.165, 1.54) is 57.8 Å². The lowest BCUT2D eigenvalue weighted by Crippen LogP contribution is -2.58. The van der Waals surface area contributed by atoms with Crippen molar-refractivity contribution in [1.29, 1.82) is 0 Å². The van der Waals surface area contributed by atoms with Crippen molar-refractivity contribution < 1.29 is 5.21 Å². The number of oxime groups is 1. The normalized spacial score (nSPS) is 35.0. The Morgan fingerprint density at radius 2 is 1.58 bits per heavy atom. The Bertz CT molecular complexity index is 1100. The molecule has 1 aromatic carbocycles. The van der Waals surface area contributed by atoms with Crippen LogP contribution in [0.1, 0.15) is 82.4 Å². The Labute approximate surface area is 194 Å². The van der Waals surface area contributed by atoms with Crippen molar-refractivity contribution in [2.45, 2.75) is 94.8 Å². The van der Waals surface area contributed by atoms with E-state index in [2.05, 4.69) is 15.0 Å². The molecule has 4 fully saturated rings. The fraction of sp³-hybridized carbons (Fsp3) is 0.654. The zero-order valence-electron chi connectivity index (χ0n) is 19.3. The topological polar surface area (TPSA) is 96.7 Å². The molecule has 4 bridgehead atoms. The lowest BCUT2D eigenvalue weighted by molar-refractivity contribution is -0.0485. The van der Waals surface area contributed by atoms with Crippen molar-refractivity contribution >= 4 is 16.9 Å². The van der Waals surface area contributed by atoms with E-state index < -0.39 is 0 Å². The Morgan fingerprint density at radius 3 is 2.27 bits per heavy atom. The van der Waals surface area contributed by atoms with E-state index in [0.29, 0.717) is 17.6 Å². The highest BCUT2D eigenvalue weighted by Gasteiger charge is 2.45. The van der Waals surface area contributed by atoms with E-state index in [9.17, 15) is 10.0 Å². The zero-order valence-corrected chi connectivity index (χ0v) is 19.3. The van der Waals surface area contributed by atoms with Crippen molar-refractivity contribution in [2.24, 2.45) is 22.7 Å². The van der Waals surface area contributed by atoms with Crippen LogP contribution in [0.25, 0.3) is 11.0 Å². The molecule has 1 aromatic heterocycles. The van der Waals surface area contributed by atoms with Crippen molar-refractivity contribution in [3.63, 3.8) is 0 Å². The second-order valence-corrected chi connectivity index (χ2v) is 10.9. The summed E-state index contributed by atoms with van der Waals surface area (Å²) in [6, 6.07) is 9.67. The molecule has 4 aliphatic rings. The van der Waals surface area contributed by atoms with Gasteiger partial charge in [0.05, 0.1) is 11.0 Å². The quantitative estimate of drug-likeness (QED) is 0.319. The standard InChI is InChI=1S/C26H35N5O2/c27-25(29-33)24-26(32)31(23-10-2-1-9-22(23)28-24)21-14-18-7-4-8-19(15-21)30(18)20-12-16-5-3-6-17(11-16)13-20/h1-2,9-10,16-21,33H,3-8,11-15H2,(H2,27,29)/t16-,17+,18-,19+,20+,21?. The fourth-order valence-electron chi connectivity index (χ4n) is 7.87. The summed E-state index contributed by atoms with van der Waals surface area (Å²) in [6.07, 6.45) is 14.2. The number of nitrogens with zero attached hydrogens (tertiary/aromatic N) is 4. The van der Waals surface area contributed by atoms with E-state index in [1.54, 1.807) is 0 Å². The number of rotatable bonds is 3. The molecule has 0 amide bonds. The average Bonchev–Trinajstić information content (AvgIpc) is 2.82. The molecule has 176 valence electrons. The Kier molecular flexibility index (Phi) is 5.40. The van der Waals surface area contributed by atoms with Crippen LogP contribution in [0.2, 0.25) is 0 Å². The first-order valence-electron chi connectivity index (χ1n) is 12.9. The monoisotopic (exact) mass is 449 g/mol. The van der Waals surface area contributed by atoms with Crippen LogP contribution >= 0.6 is 0 Å². The summed E-state index contributed by atoms with van der Waals surface area (Å²) in [4.78, 5) is 20.9. The second kappa shape index (κ2) is 8.42. The van der Waals surface area contributed by atoms with E-state index in [0.717, 1.165) is 36.2 Å². The molecule has 2 aromatic rings. The minimum absolute atomic E-state index is 0.0453. The van der Waals surface area contributed by atoms with Gasteiger partial charge in [0.1, 0.15) is 0 Å². The smallest absolute Gasteiger partial charge is 0.281 e. The molecule has 2 saturated heterocycles. The number of aromatic nitrogens is 2. The van der Waals surface area contributed by atoms with Crippen LogP contribution in [0, 0.1) is 11.8 Å². The number of hydrogen-bond acceptors (Lipinski definition) is 5. The molecule has 1 unspecified atom stereocenters. The minimum Gasteiger partial charge on any atom is -0.409 e. The van der Waals surface area contributed by atoms with Gasteiger partial charge in [-0.25, -0.2) is 4.98 Å². The van der Waals surface area contributed by atoms with Crippen molar-refractivity contribution in [2.75, 3.05) is 0 Å². The Hall–Kier alpha value is -2.41. The van der Waals surface area contributed by atoms with Gasteiger partial charge in [-0.2, -0.15) is 0 Å². The summed E-state index contributed by atoms with van der Waals surface area (Å²) < 4.78 is 1.91. The van der Waals surface area contributed by atoms with Crippen LogP contribution in [0.3, 0.4) is 0 Å². The molecule has 3 N–H and O–H groups in total. The number of piperidine rings is 2. The molecule has 3 heterocycles. The lowest BCUT2D eigenvalue weighted by atomic mass is 9.68. The molecule has 6 rings (SSSR count). The highest BCUT2D eigenvalue weighted by molar-refractivity contribution is 5.96. The maximum Gasteiger partial charge on any atom is 0.281 e. The molecule has 7 nitrogen and oxygen atoms in total. The lowest BCUT2D eigenvalue weighted by Gasteiger charge is -2.55. The summed E-state index contributed by atoms with van der Waals surface area (Å²) in [6.45, 7) is 0. The molecule has 33 heavy (non-hydrogen) atoms. The van der Waals surface area contributed by atoms with Gasteiger partial charge in [-0.3, -0.25) is 9.69 Å². The van der Waals surface area contributed by atoms with Crippen LogP contribution in [0.5, 0.6) is 0 Å². The maximum absolute atomic E-state index is 13.5. The SMILES string of the molecule is N/C(=N\O)c1nc2ccccc2n(C2C[C@H]3CCC[C@@H](C2)N3[C@H]2C[C@@H]3CCC[C@@H](C3)C2)c1=O. The predicted molar refractivity (Wildman–Crippen MR) is 129 cm³/mol. The molecule has 7 heteroatoms. The molecular formula is C26H35N5O2. The van der Waals surface area contributed by atoms with Gasteiger partial charge in [0, 0.05) is 24.2 Å². The van der Waals surface area contributed by atoms with Gasteiger partial charge >= 0.3 is 0 Å². The van der Waals surface area contributed by atoms with Gasteiger partial charge in [0.2, 0.25) is 0 Å². The third-order valence-corrected chi connectivity index (χ3v) is 9.04.